The molecule has 0 aliphatic carbocycles. The Morgan fingerprint density at radius 1 is 1.24 bits per heavy atom. The van der Waals surface area contributed by atoms with Gasteiger partial charge in [-0.1, -0.05) is 41.7 Å². The summed E-state index contributed by atoms with van der Waals surface area (Å²) in [6, 6.07) is 10.0. The van der Waals surface area contributed by atoms with E-state index >= 15 is 0 Å². The lowest BCUT2D eigenvalue weighted by Gasteiger charge is -2.03. The zero-order valence-corrected chi connectivity index (χ0v) is 12.9. The lowest BCUT2D eigenvalue weighted by atomic mass is 10.2. The number of hydrogen-bond donors (Lipinski definition) is 1. The average molecular weight is 300 g/mol. The first-order chi connectivity index (χ1) is 10.1. The molecule has 0 aliphatic rings. The zero-order chi connectivity index (χ0) is 15.0. The van der Waals surface area contributed by atoms with Gasteiger partial charge in [-0.25, -0.2) is 9.67 Å². The van der Waals surface area contributed by atoms with Crippen LogP contribution in [0.3, 0.4) is 0 Å². The Balaban J connectivity index is 2.15. The van der Waals surface area contributed by atoms with Crippen LogP contribution >= 0.6 is 11.3 Å². The molecule has 0 unspecified atom stereocenters. The molecule has 0 bridgehead atoms. The first-order valence-corrected chi connectivity index (χ1v) is 7.33. The number of benzene rings is 1. The maximum Gasteiger partial charge on any atom is 0.221 e. The molecule has 2 N–H and O–H groups in total. The lowest BCUT2D eigenvalue weighted by Crippen LogP contribution is -1.96. The molecule has 1 aromatic carbocycles. The maximum absolute atomic E-state index is 6.18. The Labute approximate surface area is 127 Å². The van der Waals surface area contributed by atoms with Gasteiger partial charge < -0.3 is 10.5 Å². The van der Waals surface area contributed by atoms with Gasteiger partial charge in [-0.05, 0) is 6.92 Å². The van der Waals surface area contributed by atoms with Crippen LogP contribution in [0.4, 0.5) is 5.00 Å². The predicted molar refractivity (Wildman–Crippen MR) is 85.5 cm³/mol. The van der Waals surface area contributed by atoms with Crippen LogP contribution in [0.25, 0.3) is 21.8 Å². The van der Waals surface area contributed by atoms with Crippen LogP contribution in [0.15, 0.2) is 30.3 Å². The van der Waals surface area contributed by atoms with Gasteiger partial charge in [-0.15, -0.1) is 0 Å². The van der Waals surface area contributed by atoms with Crippen molar-refractivity contribution in [2.45, 2.75) is 6.92 Å². The third-order valence-electron chi connectivity index (χ3n) is 3.27. The number of methoxy groups -OCH3 is 1. The van der Waals surface area contributed by atoms with E-state index in [0.29, 0.717) is 10.9 Å². The van der Waals surface area contributed by atoms with E-state index in [-0.39, 0.29) is 0 Å². The molecule has 0 fully saturated rings. The highest BCUT2D eigenvalue weighted by atomic mass is 32.1. The highest BCUT2D eigenvalue weighted by Crippen LogP contribution is 2.40. The maximum atomic E-state index is 6.18. The quantitative estimate of drug-likeness (QED) is 0.807. The van der Waals surface area contributed by atoms with Crippen LogP contribution in [-0.4, -0.2) is 21.9 Å². The molecule has 2 aromatic heterocycles. The number of aromatic nitrogens is 3. The Kier molecular flexibility index (Phi) is 3.39. The van der Waals surface area contributed by atoms with Gasteiger partial charge in [-0.3, -0.25) is 0 Å². The van der Waals surface area contributed by atoms with Gasteiger partial charge in [0.15, 0.2) is 0 Å². The van der Waals surface area contributed by atoms with Crippen molar-refractivity contribution >= 4 is 16.3 Å². The smallest absolute Gasteiger partial charge is 0.221 e. The summed E-state index contributed by atoms with van der Waals surface area (Å²) >= 11 is 1.47. The van der Waals surface area contributed by atoms with Crippen molar-refractivity contribution in [1.29, 1.82) is 0 Å². The number of rotatable bonds is 3. The van der Waals surface area contributed by atoms with Crippen molar-refractivity contribution in [3.63, 3.8) is 0 Å². The van der Waals surface area contributed by atoms with E-state index in [1.54, 1.807) is 11.8 Å². The second kappa shape index (κ2) is 5.21. The fourth-order valence-electron chi connectivity index (χ4n) is 2.36. The average Bonchev–Trinajstić information content (AvgIpc) is 2.99. The van der Waals surface area contributed by atoms with Crippen LogP contribution in [-0.2, 0) is 7.05 Å². The summed E-state index contributed by atoms with van der Waals surface area (Å²) in [6.45, 7) is 1.93. The summed E-state index contributed by atoms with van der Waals surface area (Å²) in [6.07, 6.45) is 0. The molecule has 0 atom stereocenters. The first-order valence-electron chi connectivity index (χ1n) is 6.51. The van der Waals surface area contributed by atoms with Crippen LogP contribution in [0, 0.1) is 6.92 Å². The third kappa shape index (κ3) is 2.27. The number of nitrogens with two attached hydrogens (primary N) is 1. The van der Waals surface area contributed by atoms with Crippen LogP contribution < -0.4 is 10.5 Å². The third-order valence-corrected chi connectivity index (χ3v) is 4.21. The molecule has 108 valence electrons. The van der Waals surface area contributed by atoms with Crippen molar-refractivity contribution < 1.29 is 4.74 Å². The van der Waals surface area contributed by atoms with Gasteiger partial charge in [-0.2, -0.15) is 5.10 Å². The summed E-state index contributed by atoms with van der Waals surface area (Å²) < 4.78 is 7.13. The Bertz CT molecular complexity index is 777. The van der Waals surface area contributed by atoms with Crippen molar-refractivity contribution in [3.8, 4) is 27.7 Å². The van der Waals surface area contributed by atoms with Gasteiger partial charge in [0, 0.05) is 12.6 Å². The summed E-state index contributed by atoms with van der Waals surface area (Å²) in [4.78, 5) is 4.69. The summed E-state index contributed by atoms with van der Waals surface area (Å²) in [7, 11) is 3.47. The van der Waals surface area contributed by atoms with Gasteiger partial charge >= 0.3 is 0 Å². The highest BCUT2D eigenvalue weighted by molar-refractivity contribution is 7.19. The molecular formula is C15H16N4OS. The molecule has 0 amide bonds. The van der Waals surface area contributed by atoms with Gasteiger partial charge in [0.2, 0.25) is 5.88 Å². The van der Waals surface area contributed by atoms with Crippen LogP contribution in [0.2, 0.25) is 0 Å². The topological polar surface area (TPSA) is 66.0 Å². The number of hydrogen-bond acceptors (Lipinski definition) is 5. The molecule has 6 heteroatoms. The van der Waals surface area contributed by atoms with Gasteiger partial charge in [0.25, 0.3) is 0 Å². The van der Waals surface area contributed by atoms with Crippen LogP contribution in [0.1, 0.15) is 5.69 Å². The second-order valence-electron chi connectivity index (χ2n) is 4.69. The predicted octanol–water partition coefficient (Wildman–Crippen LogP) is 3.11. The summed E-state index contributed by atoms with van der Waals surface area (Å²) in [5.74, 6) is 0.670. The van der Waals surface area contributed by atoms with Crippen molar-refractivity contribution in [3.05, 3.63) is 36.0 Å². The molecule has 21 heavy (non-hydrogen) atoms. The number of aryl methyl sites for hydroxylation is 2. The van der Waals surface area contributed by atoms with E-state index in [1.165, 1.54) is 11.3 Å². The number of thiazole rings is 1. The van der Waals surface area contributed by atoms with E-state index in [2.05, 4.69) is 5.10 Å². The molecule has 0 aliphatic heterocycles. The van der Waals surface area contributed by atoms with Crippen molar-refractivity contribution in [1.82, 2.24) is 14.8 Å². The zero-order valence-electron chi connectivity index (χ0n) is 12.1. The van der Waals surface area contributed by atoms with Crippen LogP contribution in [0.5, 0.6) is 5.88 Å². The molecule has 0 spiro atoms. The molecule has 0 radical (unpaired) electrons. The van der Waals surface area contributed by atoms with E-state index in [4.69, 9.17) is 15.5 Å². The van der Waals surface area contributed by atoms with Crippen molar-refractivity contribution in [2.24, 2.45) is 7.05 Å². The number of ether oxygens (including phenoxy) is 1. The minimum atomic E-state index is 0.670. The Morgan fingerprint density at radius 3 is 2.62 bits per heavy atom. The van der Waals surface area contributed by atoms with E-state index in [9.17, 15) is 0 Å². The number of nitrogen functional groups attached to an aromatic ring is 1. The van der Waals surface area contributed by atoms with Gasteiger partial charge in [0.1, 0.15) is 15.7 Å². The number of anilines is 1. The van der Waals surface area contributed by atoms with Gasteiger partial charge in [0.05, 0.1) is 18.4 Å². The molecule has 0 saturated heterocycles. The summed E-state index contributed by atoms with van der Waals surface area (Å²) in [5, 5.41) is 5.95. The fourth-order valence-corrected chi connectivity index (χ4v) is 3.20. The Morgan fingerprint density at radius 2 is 1.95 bits per heavy atom. The highest BCUT2D eigenvalue weighted by Gasteiger charge is 2.22. The lowest BCUT2D eigenvalue weighted by molar-refractivity contribution is 0.374. The summed E-state index contributed by atoms with van der Waals surface area (Å²) in [5.41, 5.74) is 9.68. The minimum absolute atomic E-state index is 0.670. The molecule has 2 heterocycles. The molecular weight excluding hydrogens is 284 g/mol. The van der Waals surface area contributed by atoms with E-state index in [1.807, 2.05) is 44.3 Å². The first kappa shape index (κ1) is 13.6. The largest absolute Gasteiger partial charge is 0.481 e. The molecule has 0 saturated carbocycles. The minimum Gasteiger partial charge on any atom is -0.481 e. The number of nitrogens with zero attached hydrogens (tertiary/aromatic N) is 3. The second-order valence-corrected chi connectivity index (χ2v) is 5.72. The normalized spacial score (nSPS) is 10.8. The molecule has 5 nitrogen and oxygen atoms in total. The van der Waals surface area contributed by atoms with E-state index in [0.717, 1.165) is 27.5 Å². The SMILES string of the molecule is COc1c(-c2nc(-c3ccccc3)sc2N)c(C)nn1C. The molecule has 3 rings (SSSR count). The van der Waals surface area contributed by atoms with Crippen molar-refractivity contribution in [2.75, 3.05) is 12.8 Å². The Hall–Kier alpha value is -2.34. The standard InChI is InChI=1S/C15H16N4OS/c1-9-11(15(20-3)19(2)18-9)12-13(16)21-14(17-12)10-7-5-4-6-8-10/h4-8H,16H2,1-3H3. The molecule has 3 aromatic rings. The van der Waals surface area contributed by atoms with E-state index < -0.39 is 0 Å². The fraction of sp³-hybridized carbons (Fsp3) is 0.200. The monoisotopic (exact) mass is 300 g/mol.